The molecule has 2 nitrogen and oxygen atoms in total. The van der Waals surface area contributed by atoms with Crippen molar-refractivity contribution in [3.05, 3.63) is 71.4 Å². The van der Waals surface area contributed by atoms with Gasteiger partial charge in [0.25, 0.3) is 0 Å². The highest BCUT2D eigenvalue weighted by molar-refractivity contribution is 5.64. The number of hydrogen-bond acceptors (Lipinski definition) is 2. The lowest BCUT2D eigenvalue weighted by Crippen LogP contribution is -2.24. The Kier molecular flexibility index (Phi) is 5.18. The Morgan fingerprint density at radius 3 is 2.10 bits per heavy atom. The van der Waals surface area contributed by atoms with Gasteiger partial charge in [0.05, 0.1) is 0 Å². The van der Waals surface area contributed by atoms with E-state index in [0.29, 0.717) is 0 Å². The third-order valence-electron chi connectivity index (χ3n) is 3.72. The molecule has 0 aromatic heterocycles. The molecule has 1 unspecified atom stereocenters. The Morgan fingerprint density at radius 2 is 1.57 bits per heavy atom. The van der Waals surface area contributed by atoms with Crippen LogP contribution in [0, 0.1) is 6.92 Å². The van der Waals surface area contributed by atoms with E-state index in [1.54, 1.807) is 0 Å². The number of hydrogen-bond donors (Lipinski definition) is 2. The van der Waals surface area contributed by atoms with Crippen LogP contribution in [0.15, 0.2) is 60.3 Å². The van der Waals surface area contributed by atoms with Crippen LogP contribution in [-0.2, 0) is 0 Å². The first-order valence-corrected chi connectivity index (χ1v) is 7.44. The summed E-state index contributed by atoms with van der Waals surface area (Å²) >= 11 is 0. The molecule has 2 heteroatoms. The average Bonchev–Trinajstić information content (AvgIpc) is 2.53. The second-order valence-corrected chi connectivity index (χ2v) is 5.48. The first-order chi connectivity index (χ1) is 10.1. The summed E-state index contributed by atoms with van der Waals surface area (Å²) in [5.41, 5.74) is 12.3. The van der Waals surface area contributed by atoms with Gasteiger partial charge in [0.1, 0.15) is 6.17 Å². The van der Waals surface area contributed by atoms with Gasteiger partial charge < -0.3 is 11.1 Å². The van der Waals surface area contributed by atoms with Crippen LogP contribution >= 0.6 is 0 Å². The molecule has 2 aromatic carbocycles. The van der Waals surface area contributed by atoms with E-state index in [1.165, 1.54) is 22.3 Å². The van der Waals surface area contributed by atoms with Crippen LogP contribution < -0.4 is 11.1 Å². The third-order valence-corrected chi connectivity index (χ3v) is 3.72. The zero-order valence-corrected chi connectivity index (χ0v) is 13.1. The lowest BCUT2D eigenvalue weighted by Gasteiger charge is -2.14. The summed E-state index contributed by atoms with van der Waals surface area (Å²) in [6.45, 7) is 6.33. The molecule has 2 rings (SSSR count). The number of benzene rings is 2. The fourth-order valence-electron chi connectivity index (χ4n) is 2.06. The van der Waals surface area contributed by atoms with Gasteiger partial charge in [-0.25, -0.2) is 0 Å². The van der Waals surface area contributed by atoms with Crippen molar-refractivity contribution in [2.24, 2.45) is 5.73 Å². The maximum atomic E-state index is 6.15. The molecule has 0 aliphatic carbocycles. The lowest BCUT2D eigenvalue weighted by atomic mass is 10.0. The van der Waals surface area contributed by atoms with E-state index in [4.69, 9.17) is 5.73 Å². The Morgan fingerprint density at radius 1 is 1.05 bits per heavy atom. The molecular formula is C19H24N2. The zero-order valence-electron chi connectivity index (χ0n) is 13.1. The van der Waals surface area contributed by atoms with Crippen LogP contribution in [0.5, 0.6) is 0 Å². The van der Waals surface area contributed by atoms with E-state index < -0.39 is 0 Å². The van der Waals surface area contributed by atoms with E-state index in [2.05, 4.69) is 74.6 Å². The van der Waals surface area contributed by atoms with Crippen molar-refractivity contribution < 1.29 is 0 Å². The number of rotatable bonds is 5. The summed E-state index contributed by atoms with van der Waals surface area (Å²) in [4.78, 5) is 0. The second kappa shape index (κ2) is 7.09. The maximum Gasteiger partial charge on any atom is 0.100 e. The van der Waals surface area contributed by atoms with Crippen LogP contribution in [0.25, 0.3) is 11.1 Å². The molecule has 0 radical (unpaired) electrons. The van der Waals surface area contributed by atoms with E-state index >= 15 is 0 Å². The maximum absolute atomic E-state index is 6.15. The topological polar surface area (TPSA) is 38.0 Å². The van der Waals surface area contributed by atoms with Gasteiger partial charge in [0.15, 0.2) is 0 Å². The minimum atomic E-state index is -0.168. The van der Waals surface area contributed by atoms with Crippen molar-refractivity contribution in [3.8, 4) is 11.1 Å². The number of nitrogens with one attached hydrogen (secondary N) is 1. The summed E-state index contributed by atoms with van der Waals surface area (Å²) < 4.78 is 0. The fraction of sp³-hybridized carbons (Fsp3) is 0.263. The molecule has 0 aliphatic rings. The highest BCUT2D eigenvalue weighted by Gasteiger charge is 2.04. The van der Waals surface area contributed by atoms with Gasteiger partial charge in [-0.1, -0.05) is 66.6 Å². The van der Waals surface area contributed by atoms with E-state index in [1.807, 2.05) is 6.20 Å². The van der Waals surface area contributed by atoms with Crippen molar-refractivity contribution in [2.75, 3.05) is 0 Å². The van der Waals surface area contributed by atoms with Crippen molar-refractivity contribution >= 4 is 0 Å². The predicted octanol–water partition coefficient (Wildman–Crippen LogP) is 4.52. The SMILES string of the molecule is CC/C(C)=C\NC(N)c1ccc(-c2ccc(C)cc2)cc1. The quantitative estimate of drug-likeness (QED) is 0.790. The summed E-state index contributed by atoms with van der Waals surface area (Å²) in [7, 11) is 0. The first-order valence-electron chi connectivity index (χ1n) is 7.44. The summed E-state index contributed by atoms with van der Waals surface area (Å²) in [6, 6.07) is 17.0. The molecule has 2 aromatic rings. The molecular weight excluding hydrogens is 256 g/mol. The number of allylic oxidation sites excluding steroid dienone is 1. The molecule has 0 aliphatic heterocycles. The van der Waals surface area contributed by atoms with Crippen LogP contribution in [-0.4, -0.2) is 0 Å². The Hall–Kier alpha value is -2.06. The van der Waals surface area contributed by atoms with Gasteiger partial charge in [-0.05, 0) is 43.2 Å². The van der Waals surface area contributed by atoms with Crippen molar-refractivity contribution in [2.45, 2.75) is 33.4 Å². The molecule has 0 spiro atoms. The Labute approximate surface area is 127 Å². The van der Waals surface area contributed by atoms with E-state index in [9.17, 15) is 0 Å². The molecule has 0 fully saturated rings. The van der Waals surface area contributed by atoms with Gasteiger partial charge in [-0.2, -0.15) is 0 Å². The van der Waals surface area contributed by atoms with E-state index in [-0.39, 0.29) is 6.17 Å². The van der Waals surface area contributed by atoms with Gasteiger partial charge in [-0.3, -0.25) is 0 Å². The zero-order chi connectivity index (χ0) is 15.2. The fourth-order valence-corrected chi connectivity index (χ4v) is 2.06. The smallest absolute Gasteiger partial charge is 0.100 e. The van der Waals surface area contributed by atoms with Crippen molar-refractivity contribution in [1.82, 2.24) is 5.32 Å². The summed E-state index contributed by atoms with van der Waals surface area (Å²) in [5, 5.41) is 3.23. The van der Waals surface area contributed by atoms with E-state index in [0.717, 1.165) is 12.0 Å². The Balaban J connectivity index is 2.09. The monoisotopic (exact) mass is 280 g/mol. The molecule has 3 N–H and O–H groups in total. The second-order valence-electron chi connectivity index (χ2n) is 5.48. The van der Waals surface area contributed by atoms with Crippen LogP contribution in [0.4, 0.5) is 0 Å². The molecule has 110 valence electrons. The normalized spacial score (nSPS) is 13.0. The number of nitrogens with two attached hydrogens (primary N) is 1. The molecule has 0 saturated carbocycles. The van der Waals surface area contributed by atoms with Crippen molar-refractivity contribution in [3.63, 3.8) is 0 Å². The Bertz CT molecular complexity index is 594. The standard InChI is InChI=1S/C19H24N2/c1-4-14(2)13-21-19(20)18-11-9-17(10-12-18)16-7-5-15(3)6-8-16/h5-13,19,21H,4,20H2,1-3H3/b14-13-. The average molecular weight is 280 g/mol. The molecule has 1 atom stereocenters. The minimum Gasteiger partial charge on any atom is -0.372 e. The van der Waals surface area contributed by atoms with Crippen LogP contribution in [0.1, 0.15) is 37.6 Å². The first kappa shape index (κ1) is 15.3. The highest BCUT2D eigenvalue weighted by atomic mass is 15.0. The summed E-state index contributed by atoms with van der Waals surface area (Å²) in [5.74, 6) is 0. The van der Waals surface area contributed by atoms with Crippen LogP contribution in [0.3, 0.4) is 0 Å². The molecule has 0 heterocycles. The van der Waals surface area contributed by atoms with Crippen LogP contribution in [0.2, 0.25) is 0 Å². The van der Waals surface area contributed by atoms with Gasteiger partial charge in [0.2, 0.25) is 0 Å². The van der Waals surface area contributed by atoms with Gasteiger partial charge >= 0.3 is 0 Å². The predicted molar refractivity (Wildman–Crippen MR) is 90.7 cm³/mol. The number of aryl methyl sites for hydroxylation is 1. The molecule has 21 heavy (non-hydrogen) atoms. The minimum absolute atomic E-state index is 0.168. The third kappa shape index (κ3) is 4.20. The van der Waals surface area contributed by atoms with Crippen molar-refractivity contribution in [1.29, 1.82) is 0 Å². The molecule has 0 bridgehead atoms. The lowest BCUT2D eigenvalue weighted by molar-refractivity contribution is 0.648. The molecule has 0 amide bonds. The molecule has 0 saturated heterocycles. The highest BCUT2D eigenvalue weighted by Crippen LogP contribution is 2.21. The van der Waals surface area contributed by atoms with Gasteiger partial charge in [-0.15, -0.1) is 0 Å². The van der Waals surface area contributed by atoms with Gasteiger partial charge in [0, 0.05) is 0 Å². The largest absolute Gasteiger partial charge is 0.372 e. The summed E-state index contributed by atoms with van der Waals surface area (Å²) in [6.07, 6.45) is 2.86.